The molecule has 0 aliphatic carbocycles. The van der Waals surface area contributed by atoms with Gasteiger partial charge in [-0.05, 0) is 31.4 Å². The van der Waals surface area contributed by atoms with E-state index >= 15 is 0 Å². The van der Waals surface area contributed by atoms with E-state index in [0.717, 1.165) is 16.7 Å². The number of carbonyl (C=O) groups excluding carboxylic acids is 1. The zero-order valence-corrected chi connectivity index (χ0v) is 14.3. The number of furan rings is 1. The number of rotatable bonds is 3. The molecule has 4 nitrogen and oxygen atoms in total. The summed E-state index contributed by atoms with van der Waals surface area (Å²) in [4.78, 5) is 14.1. The van der Waals surface area contributed by atoms with Crippen molar-refractivity contribution in [3.05, 3.63) is 36.1 Å². The average Bonchev–Trinajstić information content (AvgIpc) is 2.88. The maximum absolute atomic E-state index is 12.4. The molecule has 0 unspecified atom stereocenters. The molecule has 1 N–H and O–H groups in total. The second-order valence-corrected chi connectivity index (χ2v) is 7.01. The third-order valence-electron chi connectivity index (χ3n) is 4.40. The number of amides is 2. The molecule has 2 aromatic rings. The minimum absolute atomic E-state index is 0.0269. The topological polar surface area (TPSA) is 45.5 Å². The molecule has 0 fully saturated rings. The second kappa shape index (κ2) is 6.03. The second-order valence-electron chi connectivity index (χ2n) is 7.01. The normalized spacial score (nSPS) is 14.6. The average molecular weight is 302 g/mol. The predicted octanol–water partition coefficient (Wildman–Crippen LogP) is 4.57. The highest BCUT2D eigenvalue weighted by Gasteiger charge is 2.26. The van der Waals surface area contributed by atoms with Crippen LogP contribution >= 0.6 is 0 Å². The fourth-order valence-corrected chi connectivity index (χ4v) is 2.08. The van der Waals surface area contributed by atoms with E-state index < -0.39 is 0 Å². The van der Waals surface area contributed by atoms with E-state index in [4.69, 9.17) is 4.42 Å². The lowest BCUT2D eigenvalue weighted by Crippen LogP contribution is -2.47. The SMILES string of the molecule is C[C@@H](c1cc2ccccc2o1)N(C)C(=O)N[C@H](C)C(C)(C)C. The van der Waals surface area contributed by atoms with Crippen molar-refractivity contribution >= 4 is 17.0 Å². The van der Waals surface area contributed by atoms with Gasteiger partial charge in [0, 0.05) is 18.5 Å². The lowest BCUT2D eigenvalue weighted by molar-refractivity contribution is 0.174. The summed E-state index contributed by atoms with van der Waals surface area (Å²) in [5.74, 6) is 0.794. The van der Waals surface area contributed by atoms with Crippen LogP contribution in [0.4, 0.5) is 4.79 Å². The van der Waals surface area contributed by atoms with E-state index in [1.807, 2.05) is 44.2 Å². The van der Waals surface area contributed by atoms with Crippen molar-refractivity contribution in [1.29, 1.82) is 0 Å². The Hall–Kier alpha value is -1.97. The molecule has 2 amide bonds. The molecule has 0 radical (unpaired) electrons. The molecule has 2 rings (SSSR count). The van der Waals surface area contributed by atoms with Gasteiger partial charge < -0.3 is 14.6 Å². The van der Waals surface area contributed by atoms with Crippen LogP contribution < -0.4 is 5.32 Å². The molecule has 22 heavy (non-hydrogen) atoms. The molecule has 0 saturated carbocycles. The Morgan fingerprint density at radius 2 is 1.86 bits per heavy atom. The number of benzene rings is 1. The Balaban J connectivity index is 2.11. The summed E-state index contributed by atoms with van der Waals surface area (Å²) in [6.45, 7) is 10.3. The first kappa shape index (κ1) is 16.4. The number of nitrogens with zero attached hydrogens (tertiary/aromatic N) is 1. The van der Waals surface area contributed by atoms with Gasteiger partial charge in [0.05, 0.1) is 6.04 Å². The monoisotopic (exact) mass is 302 g/mol. The number of hydrogen-bond donors (Lipinski definition) is 1. The minimum Gasteiger partial charge on any atom is -0.459 e. The molecule has 2 atom stereocenters. The molecule has 0 spiro atoms. The Morgan fingerprint density at radius 3 is 2.45 bits per heavy atom. The zero-order valence-electron chi connectivity index (χ0n) is 14.3. The predicted molar refractivity (Wildman–Crippen MR) is 89.8 cm³/mol. The van der Waals surface area contributed by atoms with Crippen molar-refractivity contribution in [1.82, 2.24) is 10.2 Å². The first-order valence-electron chi connectivity index (χ1n) is 7.72. The van der Waals surface area contributed by atoms with Gasteiger partial charge >= 0.3 is 6.03 Å². The van der Waals surface area contributed by atoms with E-state index in [0.29, 0.717) is 0 Å². The van der Waals surface area contributed by atoms with Gasteiger partial charge in [0.15, 0.2) is 0 Å². The van der Waals surface area contributed by atoms with E-state index in [2.05, 4.69) is 26.1 Å². The van der Waals surface area contributed by atoms with Gasteiger partial charge in [-0.25, -0.2) is 4.79 Å². The molecule has 1 heterocycles. The lowest BCUT2D eigenvalue weighted by atomic mass is 9.88. The molecule has 0 aliphatic heterocycles. The summed E-state index contributed by atoms with van der Waals surface area (Å²) in [5.41, 5.74) is 0.875. The standard InChI is InChI=1S/C18H26N2O2/c1-12(16-11-14-9-7-8-10-15(14)22-16)20(6)17(21)19-13(2)18(3,4)5/h7-13H,1-6H3,(H,19,21)/t12-,13+/m0/s1. The molecule has 0 bridgehead atoms. The first-order chi connectivity index (χ1) is 10.2. The van der Waals surface area contributed by atoms with Gasteiger partial charge in [-0.15, -0.1) is 0 Å². The Bertz CT molecular complexity index is 621. The summed E-state index contributed by atoms with van der Waals surface area (Å²) in [6, 6.07) is 9.75. The van der Waals surface area contributed by atoms with Gasteiger partial charge in [0.1, 0.15) is 11.3 Å². The largest absolute Gasteiger partial charge is 0.459 e. The van der Waals surface area contributed by atoms with Crippen LogP contribution in [0, 0.1) is 5.41 Å². The number of para-hydroxylation sites is 1. The minimum atomic E-state index is -0.125. The zero-order chi connectivity index (χ0) is 16.5. The summed E-state index contributed by atoms with van der Waals surface area (Å²) in [5, 5.41) is 4.11. The van der Waals surface area contributed by atoms with E-state index in [1.54, 1.807) is 11.9 Å². The highest BCUT2D eigenvalue weighted by Crippen LogP contribution is 2.27. The van der Waals surface area contributed by atoms with E-state index in [9.17, 15) is 4.79 Å². The smallest absolute Gasteiger partial charge is 0.317 e. The Morgan fingerprint density at radius 1 is 1.23 bits per heavy atom. The van der Waals surface area contributed by atoms with Crippen LogP contribution in [0.25, 0.3) is 11.0 Å². The quantitative estimate of drug-likeness (QED) is 0.902. The van der Waals surface area contributed by atoms with Crippen molar-refractivity contribution in [2.24, 2.45) is 5.41 Å². The van der Waals surface area contributed by atoms with E-state index in [1.165, 1.54) is 0 Å². The summed E-state index contributed by atoms with van der Waals surface area (Å²) in [7, 11) is 1.79. The van der Waals surface area contributed by atoms with Crippen molar-refractivity contribution in [3.63, 3.8) is 0 Å². The Kier molecular flexibility index (Phi) is 4.50. The lowest BCUT2D eigenvalue weighted by Gasteiger charge is -2.31. The van der Waals surface area contributed by atoms with Crippen LogP contribution in [0.2, 0.25) is 0 Å². The highest BCUT2D eigenvalue weighted by molar-refractivity contribution is 5.78. The molecule has 1 aromatic carbocycles. The van der Waals surface area contributed by atoms with Crippen LogP contribution in [-0.2, 0) is 0 Å². The summed E-state index contributed by atoms with van der Waals surface area (Å²) >= 11 is 0. The van der Waals surface area contributed by atoms with Gasteiger partial charge in [0.25, 0.3) is 0 Å². The highest BCUT2D eigenvalue weighted by atomic mass is 16.3. The number of fused-ring (bicyclic) bond motifs is 1. The maximum atomic E-state index is 12.4. The summed E-state index contributed by atoms with van der Waals surface area (Å²) in [6.07, 6.45) is 0. The van der Waals surface area contributed by atoms with E-state index in [-0.39, 0.29) is 23.5 Å². The van der Waals surface area contributed by atoms with Crippen molar-refractivity contribution in [2.45, 2.75) is 46.7 Å². The van der Waals surface area contributed by atoms with Crippen LogP contribution in [0.5, 0.6) is 0 Å². The van der Waals surface area contributed by atoms with Crippen LogP contribution in [0.3, 0.4) is 0 Å². The molecular weight excluding hydrogens is 276 g/mol. The molecule has 0 aliphatic rings. The number of carbonyl (C=O) groups is 1. The first-order valence-corrected chi connectivity index (χ1v) is 7.72. The molecule has 4 heteroatoms. The summed E-state index contributed by atoms with van der Waals surface area (Å²) < 4.78 is 5.85. The molecular formula is C18H26N2O2. The molecule has 0 saturated heterocycles. The van der Waals surface area contributed by atoms with Crippen LogP contribution in [0.15, 0.2) is 34.7 Å². The fraction of sp³-hybridized carbons (Fsp3) is 0.500. The van der Waals surface area contributed by atoms with Gasteiger partial charge in [-0.3, -0.25) is 0 Å². The van der Waals surface area contributed by atoms with Crippen molar-refractivity contribution < 1.29 is 9.21 Å². The number of hydrogen-bond acceptors (Lipinski definition) is 2. The molecule has 120 valence electrons. The van der Waals surface area contributed by atoms with Gasteiger partial charge in [-0.1, -0.05) is 39.0 Å². The van der Waals surface area contributed by atoms with Crippen molar-refractivity contribution in [3.8, 4) is 0 Å². The third-order valence-corrected chi connectivity index (χ3v) is 4.40. The number of urea groups is 1. The third kappa shape index (κ3) is 3.43. The number of nitrogens with one attached hydrogen (secondary N) is 1. The van der Waals surface area contributed by atoms with Crippen LogP contribution in [-0.4, -0.2) is 24.0 Å². The molecule has 1 aromatic heterocycles. The Labute approximate surface area is 132 Å². The van der Waals surface area contributed by atoms with Crippen molar-refractivity contribution in [2.75, 3.05) is 7.05 Å². The van der Waals surface area contributed by atoms with Gasteiger partial charge in [-0.2, -0.15) is 0 Å². The van der Waals surface area contributed by atoms with Crippen LogP contribution in [0.1, 0.15) is 46.4 Å². The fourth-order valence-electron chi connectivity index (χ4n) is 2.08. The van der Waals surface area contributed by atoms with Gasteiger partial charge in [0.2, 0.25) is 0 Å². The maximum Gasteiger partial charge on any atom is 0.317 e.